The average Bonchev–Trinajstić information content (AvgIpc) is 2.82. The number of hydrogen-bond donors (Lipinski definition) is 0. The van der Waals surface area contributed by atoms with Crippen LogP contribution in [-0.4, -0.2) is 42.5 Å². The zero-order valence-electron chi connectivity index (χ0n) is 23.5. The van der Waals surface area contributed by atoms with Crippen molar-refractivity contribution in [3.05, 3.63) is 59.8 Å². The molecule has 0 rings (SSSR count). The Balaban J connectivity index is 5.38. The molecular weight excluding hydrogens is 419 g/mol. The van der Waals surface area contributed by atoms with Crippen LogP contribution in [0.15, 0.2) is 64.7 Å². The lowest BCUT2D eigenvalue weighted by Crippen LogP contribution is -2.38. The fourth-order valence-electron chi connectivity index (χ4n) is 3.98. The summed E-state index contributed by atoms with van der Waals surface area (Å²) < 4.78 is 13.2. The van der Waals surface area contributed by atoms with Crippen molar-refractivity contribution < 1.29 is 4.39 Å². The fourth-order valence-corrected chi connectivity index (χ4v) is 3.98. The van der Waals surface area contributed by atoms with Crippen LogP contribution in [0.3, 0.4) is 0 Å². The highest BCUT2D eigenvalue weighted by atomic mass is 19.1. The third kappa shape index (κ3) is 14.5. The van der Waals surface area contributed by atoms with Gasteiger partial charge >= 0.3 is 0 Å². The van der Waals surface area contributed by atoms with E-state index in [1.807, 2.05) is 18.4 Å². The van der Waals surface area contributed by atoms with Crippen LogP contribution in [0.2, 0.25) is 0 Å². The van der Waals surface area contributed by atoms with Gasteiger partial charge in [-0.3, -0.25) is 9.89 Å². The molecule has 0 bridgehead atoms. The van der Waals surface area contributed by atoms with E-state index in [9.17, 15) is 4.39 Å². The number of rotatable bonds is 18. The molecule has 0 saturated heterocycles. The smallest absolute Gasteiger partial charge is 0.115 e. The summed E-state index contributed by atoms with van der Waals surface area (Å²) in [7, 11) is 0. The van der Waals surface area contributed by atoms with Crippen LogP contribution in [0.25, 0.3) is 0 Å². The molecule has 0 fully saturated rings. The first-order chi connectivity index (χ1) is 16.2. The van der Waals surface area contributed by atoms with Gasteiger partial charge in [0.05, 0.1) is 6.04 Å². The van der Waals surface area contributed by atoms with Gasteiger partial charge in [-0.15, -0.1) is 6.58 Å². The van der Waals surface area contributed by atoms with E-state index >= 15 is 0 Å². The Morgan fingerprint density at radius 1 is 1.09 bits per heavy atom. The molecule has 0 aliphatic carbocycles. The summed E-state index contributed by atoms with van der Waals surface area (Å²) in [4.78, 5) is 7.41. The molecule has 2 nitrogen and oxygen atoms in total. The van der Waals surface area contributed by atoms with E-state index in [0.717, 1.165) is 45.2 Å². The van der Waals surface area contributed by atoms with Gasteiger partial charge in [-0.2, -0.15) is 0 Å². The van der Waals surface area contributed by atoms with E-state index in [2.05, 4.69) is 78.2 Å². The Labute approximate surface area is 211 Å². The summed E-state index contributed by atoms with van der Waals surface area (Å²) in [5, 5.41) is 0. The molecule has 0 aromatic heterocycles. The van der Waals surface area contributed by atoms with Gasteiger partial charge in [0.15, 0.2) is 0 Å². The van der Waals surface area contributed by atoms with Crippen molar-refractivity contribution in [1.82, 2.24) is 4.90 Å². The first kappa shape index (κ1) is 32.3. The predicted molar refractivity (Wildman–Crippen MR) is 153 cm³/mol. The zero-order valence-corrected chi connectivity index (χ0v) is 23.5. The Bertz CT molecular complexity index is 696. The maximum absolute atomic E-state index is 13.2. The fraction of sp³-hybridized carbons (Fsp3) is 0.645. The summed E-state index contributed by atoms with van der Waals surface area (Å²) in [6.07, 6.45) is 19.6. The molecule has 0 aromatic rings. The second-order valence-corrected chi connectivity index (χ2v) is 9.56. The van der Waals surface area contributed by atoms with E-state index < -0.39 is 6.17 Å². The Morgan fingerprint density at radius 2 is 1.79 bits per heavy atom. The maximum Gasteiger partial charge on any atom is 0.115 e. The molecule has 0 heterocycles. The Hall–Kier alpha value is -1.74. The monoisotopic (exact) mass is 472 g/mol. The molecule has 34 heavy (non-hydrogen) atoms. The summed E-state index contributed by atoms with van der Waals surface area (Å²) in [6.45, 7) is 23.0. The third-order valence-corrected chi connectivity index (χ3v) is 6.47. The summed E-state index contributed by atoms with van der Waals surface area (Å²) in [5.74, 6) is 0.338. The third-order valence-electron chi connectivity index (χ3n) is 6.47. The highest BCUT2D eigenvalue weighted by Gasteiger charge is 2.18. The largest absolute Gasteiger partial charge is 0.298 e. The standard InChI is InChI=1S/C31H53FN2/c1-10-14-17-25(5)23-33-27(7)24-34(28(8)12-3)22-21-31(19-15-11-2)29(9)30(13-4)20-16-18-26(6)32/h11,13,16-19,23,26-29H,2,10,12,14-15,20-22,24H2,1,3-9H3/b18-16-,25-17-,30-13+,31-19+,33-23-. The van der Waals surface area contributed by atoms with E-state index in [1.165, 1.54) is 23.1 Å². The quantitative estimate of drug-likeness (QED) is 0.143. The van der Waals surface area contributed by atoms with E-state index in [0.29, 0.717) is 12.0 Å². The van der Waals surface area contributed by atoms with Crippen LogP contribution in [0.4, 0.5) is 4.39 Å². The molecule has 0 N–H and O–H groups in total. The van der Waals surface area contributed by atoms with Crippen LogP contribution in [-0.2, 0) is 0 Å². The minimum Gasteiger partial charge on any atom is -0.298 e. The maximum atomic E-state index is 13.2. The Morgan fingerprint density at radius 3 is 2.35 bits per heavy atom. The molecule has 0 aromatic carbocycles. The second-order valence-electron chi connectivity index (χ2n) is 9.56. The minimum atomic E-state index is -0.899. The molecule has 3 heteroatoms. The van der Waals surface area contributed by atoms with E-state index in [4.69, 9.17) is 4.99 Å². The van der Waals surface area contributed by atoms with E-state index in [1.54, 1.807) is 13.0 Å². The summed E-state index contributed by atoms with van der Waals surface area (Å²) in [6, 6.07) is 0.774. The lowest BCUT2D eigenvalue weighted by Gasteiger charge is -2.31. The van der Waals surface area contributed by atoms with Crippen molar-refractivity contribution in [2.75, 3.05) is 13.1 Å². The molecule has 4 unspecified atom stereocenters. The van der Waals surface area contributed by atoms with Crippen molar-refractivity contribution in [2.24, 2.45) is 10.9 Å². The predicted octanol–water partition coefficient (Wildman–Crippen LogP) is 9.07. The number of nitrogens with zero attached hydrogens (tertiary/aromatic N) is 2. The van der Waals surface area contributed by atoms with Gasteiger partial charge in [0.25, 0.3) is 0 Å². The molecule has 194 valence electrons. The van der Waals surface area contributed by atoms with E-state index in [-0.39, 0.29) is 6.04 Å². The normalized spacial score (nSPS) is 17.5. The molecule has 0 aliphatic rings. The van der Waals surface area contributed by atoms with Crippen LogP contribution < -0.4 is 0 Å². The lowest BCUT2D eigenvalue weighted by molar-refractivity contribution is 0.196. The highest BCUT2D eigenvalue weighted by molar-refractivity contribution is 5.77. The van der Waals surface area contributed by atoms with Gasteiger partial charge in [0.2, 0.25) is 0 Å². The molecule has 0 radical (unpaired) electrons. The minimum absolute atomic E-state index is 0.260. The molecular formula is C31H53FN2. The highest BCUT2D eigenvalue weighted by Crippen LogP contribution is 2.27. The summed E-state index contributed by atoms with van der Waals surface area (Å²) in [5.41, 5.74) is 4.04. The van der Waals surface area contributed by atoms with Crippen LogP contribution >= 0.6 is 0 Å². The SMILES string of the molecule is C=CC/C=C(\CCN(CC(C)/N=C\C(C)=C/CCC)C(C)CC)C(C)/C(=C/C)C/C=C\C(C)F. The first-order valence-corrected chi connectivity index (χ1v) is 13.4. The number of aliphatic imine (C=N–C) groups is 1. The number of hydrogen-bond acceptors (Lipinski definition) is 2. The van der Waals surface area contributed by atoms with Crippen LogP contribution in [0.1, 0.15) is 93.9 Å². The molecule has 4 atom stereocenters. The van der Waals surface area contributed by atoms with Gasteiger partial charge in [0, 0.05) is 25.3 Å². The van der Waals surface area contributed by atoms with Gasteiger partial charge < -0.3 is 0 Å². The van der Waals surface area contributed by atoms with Gasteiger partial charge in [0.1, 0.15) is 6.17 Å². The molecule has 0 aliphatic heterocycles. The summed E-state index contributed by atoms with van der Waals surface area (Å²) >= 11 is 0. The number of halogens is 1. The van der Waals surface area contributed by atoms with Gasteiger partial charge in [-0.25, -0.2) is 4.39 Å². The average molecular weight is 473 g/mol. The van der Waals surface area contributed by atoms with Gasteiger partial charge in [-0.1, -0.05) is 74.8 Å². The van der Waals surface area contributed by atoms with Gasteiger partial charge in [-0.05, 0) is 78.2 Å². The first-order valence-electron chi connectivity index (χ1n) is 13.4. The number of unbranched alkanes of at least 4 members (excludes halogenated alkanes) is 1. The van der Waals surface area contributed by atoms with Crippen molar-refractivity contribution in [3.63, 3.8) is 0 Å². The zero-order chi connectivity index (χ0) is 25.9. The topological polar surface area (TPSA) is 15.6 Å². The van der Waals surface area contributed by atoms with Crippen molar-refractivity contribution >= 4 is 6.21 Å². The van der Waals surface area contributed by atoms with Crippen molar-refractivity contribution in [1.29, 1.82) is 0 Å². The number of allylic oxidation sites excluding steroid dienone is 8. The van der Waals surface area contributed by atoms with Crippen molar-refractivity contribution in [2.45, 2.75) is 112 Å². The molecule has 0 amide bonds. The molecule has 0 spiro atoms. The molecule has 0 saturated carbocycles. The van der Waals surface area contributed by atoms with Crippen LogP contribution in [0.5, 0.6) is 0 Å². The number of alkyl halides is 1. The van der Waals surface area contributed by atoms with Crippen molar-refractivity contribution in [3.8, 4) is 0 Å². The lowest BCUT2D eigenvalue weighted by atomic mass is 9.87. The Kier molecular flexibility index (Phi) is 18.6. The second kappa shape index (κ2) is 19.6. The van der Waals surface area contributed by atoms with Crippen LogP contribution in [0, 0.1) is 5.92 Å².